The molecule has 0 fully saturated rings. The number of nitrogens with one attached hydrogen (secondary N) is 2. The third kappa shape index (κ3) is 4.44. The molecule has 0 bridgehead atoms. The van der Waals surface area contributed by atoms with E-state index in [1.54, 1.807) is 19.4 Å². The Kier molecular flexibility index (Phi) is 5.58. The van der Waals surface area contributed by atoms with Crippen molar-refractivity contribution >= 4 is 17.5 Å². The minimum Gasteiger partial charge on any atom is -0.496 e. The summed E-state index contributed by atoms with van der Waals surface area (Å²) in [5, 5.41) is 5.94. The van der Waals surface area contributed by atoms with Gasteiger partial charge in [0.1, 0.15) is 23.2 Å². The highest BCUT2D eigenvalue weighted by Gasteiger charge is 2.07. The Morgan fingerprint density at radius 2 is 1.92 bits per heavy atom. The molecular weight excluding hydrogens is 338 g/mol. The maximum atomic E-state index is 13.7. The van der Waals surface area contributed by atoms with Crippen LogP contribution < -0.4 is 15.4 Å². The topological polar surface area (TPSA) is 59.1 Å². The van der Waals surface area contributed by atoms with E-state index in [1.165, 1.54) is 12.1 Å². The van der Waals surface area contributed by atoms with E-state index in [0.29, 0.717) is 12.4 Å². The van der Waals surface area contributed by atoms with Crippen LogP contribution in [0.2, 0.25) is 0 Å². The van der Waals surface area contributed by atoms with Crippen molar-refractivity contribution in [2.24, 2.45) is 0 Å². The average Bonchev–Trinajstić information content (AvgIpc) is 2.65. The van der Waals surface area contributed by atoms with Crippen LogP contribution in [0.5, 0.6) is 5.75 Å². The highest BCUT2D eigenvalue weighted by atomic mass is 19.1. The van der Waals surface area contributed by atoms with Crippen molar-refractivity contribution in [1.29, 1.82) is 0 Å². The lowest BCUT2D eigenvalue weighted by molar-refractivity contribution is 0.410. The van der Waals surface area contributed by atoms with Crippen LogP contribution in [0.1, 0.15) is 5.56 Å². The standard InChI is InChI=1S/C19H18F2N4O/c1-26-17-5-3-2-4-13(17)8-10-22-18-9-11-23-19(25-18)24-16-7-6-14(20)12-15(16)21/h2-7,9,11-12H,8,10H2,1H3,(H2,22,23,24,25). The summed E-state index contributed by atoms with van der Waals surface area (Å²) >= 11 is 0. The second-order valence-electron chi connectivity index (χ2n) is 5.50. The lowest BCUT2D eigenvalue weighted by atomic mass is 10.1. The SMILES string of the molecule is COc1ccccc1CCNc1ccnc(Nc2ccc(F)cc2F)n1. The molecule has 0 spiro atoms. The van der Waals surface area contributed by atoms with Crippen LogP contribution in [0.15, 0.2) is 54.7 Å². The van der Waals surface area contributed by atoms with Crippen LogP contribution >= 0.6 is 0 Å². The van der Waals surface area contributed by atoms with E-state index in [1.807, 2.05) is 24.3 Å². The molecule has 26 heavy (non-hydrogen) atoms. The Morgan fingerprint density at radius 1 is 1.08 bits per heavy atom. The number of aromatic nitrogens is 2. The number of hydrogen-bond donors (Lipinski definition) is 2. The van der Waals surface area contributed by atoms with Crippen LogP contribution in [-0.2, 0) is 6.42 Å². The molecule has 3 aromatic rings. The number of ether oxygens (including phenoxy) is 1. The molecule has 134 valence electrons. The first-order valence-corrected chi connectivity index (χ1v) is 8.06. The van der Waals surface area contributed by atoms with Crippen molar-refractivity contribution in [1.82, 2.24) is 9.97 Å². The van der Waals surface area contributed by atoms with Gasteiger partial charge in [-0.25, -0.2) is 13.8 Å². The number of hydrogen-bond acceptors (Lipinski definition) is 5. The van der Waals surface area contributed by atoms with Gasteiger partial charge in [-0.05, 0) is 36.2 Å². The van der Waals surface area contributed by atoms with Gasteiger partial charge >= 0.3 is 0 Å². The first kappa shape index (κ1) is 17.6. The maximum Gasteiger partial charge on any atom is 0.229 e. The minimum absolute atomic E-state index is 0.109. The fraction of sp³-hybridized carbons (Fsp3) is 0.158. The van der Waals surface area contributed by atoms with Gasteiger partial charge in [0.15, 0.2) is 0 Å². The second-order valence-corrected chi connectivity index (χ2v) is 5.50. The summed E-state index contributed by atoms with van der Waals surface area (Å²) in [5.74, 6) is 0.313. The number of nitrogens with zero attached hydrogens (tertiary/aromatic N) is 2. The summed E-state index contributed by atoms with van der Waals surface area (Å²) in [5.41, 5.74) is 1.20. The average molecular weight is 356 g/mol. The molecule has 0 aliphatic heterocycles. The van der Waals surface area contributed by atoms with E-state index in [4.69, 9.17) is 4.74 Å². The highest BCUT2D eigenvalue weighted by molar-refractivity contribution is 5.55. The van der Waals surface area contributed by atoms with Crippen molar-refractivity contribution in [3.8, 4) is 5.75 Å². The van der Waals surface area contributed by atoms with E-state index in [2.05, 4.69) is 20.6 Å². The van der Waals surface area contributed by atoms with Gasteiger partial charge in [-0.2, -0.15) is 4.98 Å². The zero-order chi connectivity index (χ0) is 18.4. The molecule has 2 aromatic carbocycles. The molecule has 2 N–H and O–H groups in total. The van der Waals surface area contributed by atoms with Crippen molar-refractivity contribution in [3.63, 3.8) is 0 Å². The number of rotatable bonds is 7. The lowest BCUT2D eigenvalue weighted by Crippen LogP contribution is -2.08. The monoisotopic (exact) mass is 356 g/mol. The second kappa shape index (κ2) is 8.24. The van der Waals surface area contributed by atoms with Gasteiger partial charge in [0, 0.05) is 18.8 Å². The summed E-state index contributed by atoms with van der Waals surface area (Å²) in [6.07, 6.45) is 2.31. The Morgan fingerprint density at radius 3 is 2.73 bits per heavy atom. The van der Waals surface area contributed by atoms with Crippen molar-refractivity contribution in [2.75, 3.05) is 24.3 Å². The molecule has 0 saturated heterocycles. The molecule has 0 aliphatic rings. The number of methoxy groups -OCH3 is 1. The predicted molar refractivity (Wildman–Crippen MR) is 96.9 cm³/mol. The third-order valence-corrected chi connectivity index (χ3v) is 3.73. The molecule has 0 radical (unpaired) electrons. The van der Waals surface area contributed by atoms with E-state index in [-0.39, 0.29) is 11.6 Å². The van der Waals surface area contributed by atoms with Crippen LogP contribution in [0.25, 0.3) is 0 Å². The summed E-state index contributed by atoms with van der Waals surface area (Å²) in [6.45, 7) is 0.641. The van der Waals surface area contributed by atoms with Gasteiger partial charge < -0.3 is 15.4 Å². The van der Waals surface area contributed by atoms with Crippen molar-refractivity contribution in [3.05, 3.63) is 71.9 Å². The number of halogens is 2. The van der Waals surface area contributed by atoms with Crippen LogP contribution in [0.4, 0.5) is 26.2 Å². The molecular formula is C19H18F2N4O. The van der Waals surface area contributed by atoms with Crippen LogP contribution in [-0.4, -0.2) is 23.6 Å². The molecule has 0 amide bonds. The molecule has 0 atom stereocenters. The van der Waals surface area contributed by atoms with Crippen LogP contribution in [0, 0.1) is 11.6 Å². The van der Waals surface area contributed by atoms with Crippen molar-refractivity contribution < 1.29 is 13.5 Å². The quantitative estimate of drug-likeness (QED) is 0.666. The van der Waals surface area contributed by atoms with Gasteiger partial charge in [0.05, 0.1) is 12.8 Å². The van der Waals surface area contributed by atoms with E-state index < -0.39 is 11.6 Å². The molecule has 1 aromatic heterocycles. The van der Waals surface area contributed by atoms with E-state index in [0.717, 1.165) is 23.8 Å². The summed E-state index contributed by atoms with van der Waals surface area (Å²) in [7, 11) is 1.64. The minimum atomic E-state index is -0.705. The van der Waals surface area contributed by atoms with Gasteiger partial charge in [0.2, 0.25) is 5.95 Å². The maximum absolute atomic E-state index is 13.7. The zero-order valence-corrected chi connectivity index (χ0v) is 14.2. The third-order valence-electron chi connectivity index (χ3n) is 3.73. The highest BCUT2D eigenvalue weighted by Crippen LogP contribution is 2.20. The smallest absolute Gasteiger partial charge is 0.229 e. The molecule has 5 nitrogen and oxygen atoms in total. The molecule has 1 heterocycles. The Bertz CT molecular complexity index is 889. The first-order valence-electron chi connectivity index (χ1n) is 8.06. The lowest BCUT2D eigenvalue weighted by Gasteiger charge is -2.10. The Balaban J connectivity index is 1.62. The van der Waals surface area contributed by atoms with Gasteiger partial charge in [-0.15, -0.1) is 0 Å². The van der Waals surface area contributed by atoms with Gasteiger partial charge in [0.25, 0.3) is 0 Å². The number of anilines is 3. The predicted octanol–water partition coefficient (Wildman–Crippen LogP) is 4.16. The largest absolute Gasteiger partial charge is 0.496 e. The van der Waals surface area contributed by atoms with Gasteiger partial charge in [-0.3, -0.25) is 0 Å². The Labute approximate surface area is 150 Å². The van der Waals surface area contributed by atoms with Gasteiger partial charge in [-0.1, -0.05) is 18.2 Å². The normalized spacial score (nSPS) is 10.4. The fourth-order valence-electron chi connectivity index (χ4n) is 2.46. The van der Waals surface area contributed by atoms with Crippen molar-refractivity contribution in [2.45, 2.75) is 6.42 Å². The molecule has 0 unspecified atom stereocenters. The van der Waals surface area contributed by atoms with E-state index >= 15 is 0 Å². The number of benzene rings is 2. The van der Waals surface area contributed by atoms with E-state index in [9.17, 15) is 8.78 Å². The van der Waals surface area contributed by atoms with Crippen LogP contribution in [0.3, 0.4) is 0 Å². The summed E-state index contributed by atoms with van der Waals surface area (Å²) < 4.78 is 32.0. The first-order chi connectivity index (χ1) is 12.7. The molecule has 0 aliphatic carbocycles. The molecule has 7 heteroatoms. The molecule has 3 rings (SSSR count). The number of para-hydroxylation sites is 1. The summed E-state index contributed by atoms with van der Waals surface area (Å²) in [4.78, 5) is 8.33. The summed E-state index contributed by atoms with van der Waals surface area (Å²) in [6, 6.07) is 12.8. The Hall–Kier alpha value is -3.22. The zero-order valence-electron chi connectivity index (χ0n) is 14.2. The molecule has 0 saturated carbocycles. The fourth-order valence-corrected chi connectivity index (χ4v) is 2.46.